The fourth-order valence-electron chi connectivity index (χ4n) is 1.95. The first-order valence-electron chi connectivity index (χ1n) is 6.57. The van der Waals surface area contributed by atoms with E-state index < -0.39 is 0 Å². The number of hydrogen-bond acceptors (Lipinski definition) is 2. The van der Waals surface area contributed by atoms with E-state index in [-0.39, 0.29) is 0 Å². The van der Waals surface area contributed by atoms with Crippen molar-refractivity contribution in [1.82, 2.24) is 5.32 Å². The van der Waals surface area contributed by atoms with Gasteiger partial charge in [0.1, 0.15) is 0 Å². The molecule has 106 valence electrons. The van der Waals surface area contributed by atoms with Crippen molar-refractivity contribution in [3.63, 3.8) is 0 Å². The van der Waals surface area contributed by atoms with Crippen LogP contribution in [-0.2, 0) is 0 Å². The van der Waals surface area contributed by atoms with Gasteiger partial charge in [-0.1, -0.05) is 42.8 Å². The maximum absolute atomic E-state index is 5.96. The molecule has 1 nitrogen and oxygen atoms in total. The lowest BCUT2D eigenvalue weighted by Gasteiger charge is -2.18. The molecule has 0 heterocycles. The van der Waals surface area contributed by atoms with Crippen molar-refractivity contribution in [1.29, 1.82) is 0 Å². The van der Waals surface area contributed by atoms with E-state index in [0.717, 1.165) is 21.8 Å². The molecule has 0 spiro atoms. The minimum Gasteiger partial charge on any atom is -0.309 e. The van der Waals surface area contributed by atoms with Gasteiger partial charge in [-0.05, 0) is 52.3 Å². The number of nitrogens with one attached hydrogen (secondary N) is 1. The molecule has 1 atom stereocenters. The van der Waals surface area contributed by atoms with Crippen LogP contribution in [0.3, 0.4) is 0 Å². The van der Waals surface area contributed by atoms with E-state index in [9.17, 15) is 0 Å². The zero-order chi connectivity index (χ0) is 14.4. The first kappa shape index (κ1) is 15.9. The molecule has 4 heteroatoms. The minimum absolute atomic E-state index is 0.328. The molecule has 1 unspecified atom stereocenters. The van der Waals surface area contributed by atoms with Crippen molar-refractivity contribution in [2.24, 2.45) is 0 Å². The van der Waals surface area contributed by atoms with E-state index in [1.165, 1.54) is 10.5 Å². The lowest BCUT2D eigenvalue weighted by atomic mass is 10.1. The minimum atomic E-state index is 0.328. The van der Waals surface area contributed by atoms with Gasteiger partial charge in [-0.2, -0.15) is 0 Å². The van der Waals surface area contributed by atoms with Gasteiger partial charge in [-0.15, -0.1) is 11.8 Å². The molecule has 1 N–H and O–H groups in total. The number of halogens is 2. The molecule has 2 aromatic carbocycles. The average Bonchev–Trinajstić information content (AvgIpc) is 2.46. The molecule has 0 saturated heterocycles. The van der Waals surface area contributed by atoms with Crippen LogP contribution in [0.15, 0.2) is 57.9 Å². The highest BCUT2D eigenvalue weighted by atomic mass is 79.9. The van der Waals surface area contributed by atoms with Crippen molar-refractivity contribution in [3.05, 3.63) is 63.6 Å². The monoisotopic (exact) mass is 369 g/mol. The number of hydrogen-bond donors (Lipinski definition) is 1. The molecule has 0 aliphatic heterocycles. The Morgan fingerprint density at radius 2 is 1.85 bits per heavy atom. The van der Waals surface area contributed by atoms with Crippen LogP contribution in [-0.4, -0.2) is 12.3 Å². The smallest absolute Gasteiger partial charge is 0.0415 e. The predicted molar refractivity (Wildman–Crippen MR) is 92.7 cm³/mol. The Hall–Kier alpha value is -0.480. The fraction of sp³-hybridized carbons (Fsp3) is 0.250. The summed E-state index contributed by atoms with van der Waals surface area (Å²) in [6, 6.07) is 16.7. The summed E-state index contributed by atoms with van der Waals surface area (Å²) in [4.78, 5) is 1.27. The summed E-state index contributed by atoms with van der Waals surface area (Å²) in [6.45, 7) is 3.08. The molecule has 2 rings (SSSR count). The van der Waals surface area contributed by atoms with Crippen LogP contribution in [0.25, 0.3) is 0 Å². The van der Waals surface area contributed by atoms with Gasteiger partial charge in [0, 0.05) is 26.2 Å². The van der Waals surface area contributed by atoms with Gasteiger partial charge in [0.2, 0.25) is 0 Å². The number of thioether (sulfide) groups is 1. The molecule has 0 saturated carbocycles. The SMILES string of the molecule is CCNC(CSc1ccccc1Br)c1ccc(Cl)cc1. The van der Waals surface area contributed by atoms with Crippen molar-refractivity contribution < 1.29 is 0 Å². The summed E-state index contributed by atoms with van der Waals surface area (Å²) in [7, 11) is 0. The molecule has 0 aromatic heterocycles. The highest BCUT2D eigenvalue weighted by Gasteiger charge is 2.11. The summed E-state index contributed by atoms with van der Waals surface area (Å²) in [5.41, 5.74) is 1.27. The number of benzene rings is 2. The molecule has 0 bridgehead atoms. The standard InChI is InChI=1S/C16H17BrClNS/c1-2-19-15(12-7-9-13(18)10-8-12)11-20-16-6-4-3-5-14(16)17/h3-10,15,19H,2,11H2,1H3. The zero-order valence-electron chi connectivity index (χ0n) is 11.3. The van der Waals surface area contributed by atoms with E-state index in [1.54, 1.807) is 0 Å². The first-order chi connectivity index (χ1) is 9.70. The summed E-state index contributed by atoms with van der Waals surface area (Å²) < 4.78 is 1.15. The van der Waals surface area contributed by atoms with Gasteiger partial charge in [-0.3, -0.25) is 0 Å². The molecule has 2 aromatic rings. The van der Waals surface area contributed by atoms with Crippen LogP contribution in [0.5, 0.6) is 0 Å². The van der Waals surface area contributed by atoms with E-state index in [2.05, 4.69) is 58.5 Å². The van der Waals surface area contributed by atoms with Crippen molar-refractivity contribution in [3.8, 4) is 0 Å². The normalized spacial score (nSPS) is 12.3. The quantitative estimate of drug-likeness (QED) is 0.669. The largest absolute Gasteiger partial charge is 0.309 e. The van der Waals surface area contributed by atoms with Gasteiger partial charge in [0.15, 0.2) is 0 Å². The second-order valence-corrected chi connectivity index (χ2v) is 6.76. The molecular weight excluding hydrogens is 354 g/mol. The van der Waals surface area contributed by atoms with Crippen LogP contribution in [0.2, 0.25) is 5.02 Å². The maximum Gasteiger partial charge on any atom is 0.0415 e. The third kappa shape index (κ3) is 4.52. The van der Waals surface area contributed by atoms with Gasteiger partial charge >= 0.3 is 0 Å². The molecule has 0 aliphatic rings. The Balaban J connectivity index is 2.06. The highest BCUT2D eigenvalue weighted by Crippen LogP contribution is 2.30. The lowest BCUT2D eigenvalue weighted by molar-refractivity contribution is 0.606. The zero-order valence-corrected chi connectivity index (χ0v) is 14.4. The second kappa shape index (κ2) is 8.08. The maximum atomic E-state index is 5.96. The van der Waals surface area contributed by atoms with E-state index in [0.29, 0.717) is 6.04 Å². The Labute approximate surface area is 138 Å². The third-order valence-electron chi connectivity index (χ3n) is 2.97. The van der Waals surface area contributed by atoms with Gasteiger partial charge in [0.05, 0.1) is 0 Å². The predicted octanol–water partition coefficient (Wildman–Crippen LogP) is 5.55. The van der Waals surface area contributed by atoms with Crippen molar-refractivity contribution in [2.75, 3.05) is 12.3 Å². The van der Waals surface area contributed by atoms with Crippen LogP contribution >= 0.6 is 39.3 Å². The summed E-state index contributed by atoms with van der Waals surface area (Å²) in [6.07, 6.45) is 0. The van der Waals surface area contributed by atoms with Crippen molar-refractivity contribution in [2.45, 2.75) is 17.9 Å². The summed E-state index contributed by atoms with van der Waals surface area (Å²) in [5, 5.41) is 4.31. The lowest BCUT2D eigenvalue weighted by Crippen LogP contribution is -2.22. The van der Waals surface area contributed by atoms with E-state index >= 15 is 0 Å². The van der Waals surface area contributed by atoms with Crippen LogP contribution in [0.1, 0.15) is 18.5 Å². The van der Waals surface area contributed by atoms with Gasteiger partial charge < -0.3 is 5.32 Å². The summed E-state index contributed by atoms with van der Waals surface area (Å²) in [5.74, 6) is 0.984. The Kier molecular flexibility index (Phi) is 6.43. The van der Waals surface area contributed by atoms with Crippen LogP contribution < -0.4 is 5.32 Å². The molecule has 0 fully saturated rings. The average molecular weight is 371 g/mol. The molecule has 0 radical (unpaired) electrons. The second-order valence-electron chi connectivity index (χ2n) is 4.40. The third-order valence-corrected chi connectivity index (χ3v) is 5.34. The summed E-state index contributed by atoms with van der Waals surface area (Å²) >= 11 is 11.4. The molecule has 0 amide bonds. The molecule has 20 heavy (non-hydrogen) atoms. The number of rotatable bonds is 6. The Morgan fingerprint density at radius 3 is 2.50 bits per heavy atom. The molecular formula is C16H17BrClNS. The van der Waals surface area contributed by atoms with E-state index in [4.69, 9.17) is 11.6 Å². The van der Waals surface area contributed by atoms with Crippen molar-refractivity contribution >= 4 is 39.3 Å². The fourth-order valence-corrected chi connectivity index (χ4v) is 3.74. The van der Waals surface area contributed by atoms with Crippen LogP contribution in [0.4, 0.5) is 0 Å². The van der Waals surface area contributed by atoms with Crippen LogP contribution in [0, 0.1) is 0 Å². The highest BCUT2D eigenvalue weighted by molar-refractivity contribution is 9.10. The molecule has 0 aliphatic carbocycles. The van der Waals surface area contributed by atoms with Gasteiger partial charge in [-0.25, -0.2) is 0 Å². The Bertz CT molecular complexity index is 544. The first-order valence-corrected chi connectivity index (χ1v) is 8.72. The Morgan fingerprint density at radius 1 is 1.15 bits per heavy atom. The van der Waals surface area contributed by atoms with Gasteiger partial charge in [0.25, 0.3) is 0 Å². The topological polar surface area (TPSA) is 12.0 Å². The van der Waals surface area contributed by atoms with E-state index in [1.807, 2.05) is 30.0 Å².